The first kappa shape index (κ1) is 17.4. The van der Waals surface area contributed by atoms with E-state index in [1.165, 1.54) is 11.3 Å². The Bertz CT molecular complexity index is 922. The predicted octanol–water partition coefficient (Wildman–Crippen LogP) is 5.02. The number of fused-ring (bicyclic) bond motifs is 3. The lowest BCUT2D eigenvalue weighted by atomic mass is 9.74. The maximum atomic E-state index is 12.3. The van der Waals surface area contributed by atoms with E-state index in [-0.39, 0.29) is 11.3 Å². The molecule has 0 spiro atoms. The minimum Gasteiger partial charge on any atom is -0.344 e. The first-order valence-corrected chi connectivity index (χ1v) is 9.43. The van der Waals surface area contributed by atoms with Crippen molar-refractivity contribution in [3.63, 3.8) is 0 Å². The average molecular weight is 387 g/mol. The lowest BCUT2D eigenvalue weighted by molar-refractivity contribution is -0.124. The van der Waals surface area contributed by atoms with Crippen molar-refractivity contribution in [3.05, 3.63) is 69.7 Å². The summed E-state index contributed by atoms with van der Waals surface area (Å²) in [5, 5.41) is 4.32. The molecular formula is C21H20Cl2N2O. The number of para-hydroxylation sites is 1. The lowest BCUT2D eigenvalue weighted by Gasteiger charge is -2.49. The summed E-state index contributed by atoms with van der Waals surface area (Å²) in [6.45, 7) is 5.05. The Hall–Kier alpha value is -1.97. The van der Waals surface area contributed by atoms with Gasteiger partial charge in [0.25, 0.3) is 0 Å². The first-order chi connectivity index (χ1) is 12.3. The molecule has 1 atom stereocenters. The molecule has 1 N–H and O–H groups in total. The Kier molecular flexibility index (Phi) is 4.05. The van der Waals surface area contributed by atoms with Crippen LogP contribution in [0.1, 0.15) is 31.4 Å². The van der Waals surface area contributed by atoms with Crippen LogP contribution in [-0.4, -0.2) is 18.1 Å². The van der Waals surface area contributed by atoms with E-state index in [0.29, 0.717) is 23.0 Å². The van der Waals surface area contributed by atoms with Crippen LogP contribution in [0.2, 0.25) is 10.0 Å². The second-order valence-corrected chi connectivity index (χ2v) is 8.18. The van der Waals surface area contributed by atoms with Crippen LogP contribution in [0.25, 0.3) is 6.08 Å². The van der Waals surface area contributed by atoms with Crippen LogP contribution in [-0.2, 0) is 10.2 Å². The number of benzene rings is 2. The summed E-state index contributed by atoms with van der Waals surface area (Å²) in [4.78, 5) is 14.7. The monoisotopic (exact) mass is 386 g/mol. The van der Waals surface area contributed by atoms with Gasteiger partial charge in [0.1, 0.15) is 5.66 Å². The molecule has 1 fully saturated rings. The summed E-state index contributed by atoms with van der Waals surface area (Å²) >= 11 is 12.2. The maximum absolute atomic E-state index is 12.3. The van der Waals surface area contributed by atoms with Crippen molar-refractivity contribution in [2.24, 2.45) is 0 Å². The number of halogens is 2. The van der Waals surface area contributed by atoms with Gasteiger partial charge in [-0.2, -0.15) is 0 Å². The summed E-state index contributed by atoms with van der Waals surface area (Å²) in [6.07, 6.45) is 4.59. The quantitative estimate of drug-likeness (QED) is 0.785. The number of carbonyl (C=O) groups excluding carboxylic acids is 1. The molecule has 0 aromatic heterocycles. The van der Waals surface area contributed by atoms with E-state index in [9.17, 15) is 4.79 Å². The Morgan fingerprint density at radius 2 is 1.88 bits per heavy atom. The number of hydrogen-bond donors (Lipinski definition) is 1. The molecule has 3 nitrogen and oxygen atoms in total. The molecule has 1 amide bonds. The average Bonchev–Trinajstić information content (AvgIpc) is 2.81. The van der Waals surface area contributed by atoms with Gasteiger partial charge in [-0.15, -0.1) is 0 Å². The van der Waals surface area contributed by atoms with Gasteiger partial charge < -0.3 is 10.2 Å². The van der Waals surface area contributed by atoms with E-state index in [2.05, 4.69) is 48.3 Å². The molecular weight excluding hydrogens is 367 g/mol. The summed E-state index contributed by atoms with van der Waals surface area (Å²) < 4.78 is 0. The molecule has 26 heavy (non-hydrogen) atoms. The number of nitrogens with zero attached hydrogens (tertiary/aromatic N) is 1. The Morgan fingerprint density at radius 3 is 2.65 bits per heavy atom. The summed E-state index contributed by atoms with van der Waals surface area (Å²) in [5.74, 6) is 0.0703. The fraction of sp³-hybridized carbons (Fsp3) is 0.286. The molecule has 0 radical (unpaired) electrons. The highest BCUT2D eigenvalue weighted by Crippen LogP contribution is 2.52. The van der Waals surface area contributed by atoms with Gasteiger partial charge >= 0.3 is 0 Å². The number of nitrogens with one attached hydrogen (secondary N) is 1. The molecule has 2 aliphatic heterocycles. The smallest absolute Gasteiger partial charge is 0.223 e. The molecule has 1 saturated heterocycles. The fourth-order valence-corrected chi connectivity index (χ4v) is 4.46. The summed E-state index contributed by atoms with van der Waals surface area (Å²) in [7, 11) is 0. The third-order valence-electron chi connectivity index (χ3n) is 5.60. The summed E-state index contributed by atoms with van der Waals surface area (Å²) in [6, 6.07) is 13.9. The lowest BCUT2D eigenvalue weighted by Crippen LogP contribution is -2.68. The van der Waals surface area contributed by atoms with Crippen molar-refractivity contribution in [2.45, 2.75) is 31.3 Å². The van der Waals surface area contributed by atoms with Gasteiger partial charge in [-0.1, -0.05) is 67.4 Å². The fourth-order valence-electron chi connectivity index (χ4n) is 4.15. The highest BCUT2D eigenvalue weighted by atomic mass is 35.5. The van der Waals surface area contributed by atoms with Crippen molar-refractivity contribution in [2.75, 3.05) is 11.4 Å². The van der Waals surface area contributed by atoms with E-state index in [1.807, 2.05) is 24.3 Å². The van der Waals surface area contributed by atoms with E-state index in [1.54, 1.807) is 6.07 Å². The largest absolute Gasteiger partial charge is 0.344 e. The zero-order valence-electron chi connectivity index (χ0n) is 14.7. The zero-order chi connectivity index (χ0) is 18.5. The molecule has 1 unspecified atom stereocenters. The van der Waals surface area contributed by atoms with Gasteiger partial charge in [0.15, 0.2) is 0 Å². The van der Waals surface area contributed by atoms with Gasteiger partial charge in [0.2, 0.25) is 5.91 Å². The molecule has 0 saturated carbocycles. The SMILES string of the molecule is CC1(C)c2ccccc2N2CCC(=O)NC21/C=C/c1ccc(Cl)c(Cl)c1. The van der Waals surface area contributed by atoms with Crippen LogP contribution >= 0.6 is 23.2 Å². The van der Waals surface area contributed by atoms with Crippen LogP contribution in [0.5, 0.6) is 0 Å². The molecule has 0 bridgehead atoms. The van der Waals surface area contributed by atoms with Crippen LogP contribution < -0.4 is 10.2 Å². The molecule has 2 aromatic rings. The van der Waals surface area contributed by atoms with Crippen molar-refractivity contribution >= 4 is 40.9 Å². The standard InChI is InChI=1S/C21H20Cl2N2O/c1-20(2)15-5-3-4-6-18(15)25-12-10-19(26)24-21(20,25)11-9-14-7-8-16(22)17(23)13-14/h3-9,11,13H,10,12H2,1-2H3,(H,24,26)/b11-9+. The summed E-state index contributed by atoms with van der Waals surface area (Å²) in [5.41, 5.74) is 2.46. The third kappa shape index (κ3) is 2.45. The topological polar surface area (TPSA) is 32.3 Å². The highest BCUT2D eigenvalue weighted by Gasteiger charge is 2.57. The Balaban J connectivity index is 1.83. The molecule has 2 aliphatic rings. The van der Waals surface area contributed by atoms with E-state index in [0.717, 1.165) is 5.56 Å². The van der Waals surface area contributed by atoms with Gasteiger partial charge in [-0.25, -0.2) is 0 Å². The van der Waals surface area contributed by atoms with Crippen molar-refractivity contribution in [1.29, 1.82) is 0 Å². The number of anilines is 1. The molecule has 2 aromatic carbocycles. The van der Waals surface area contributed by atoms with Crippen molar-refractivity contribution in [1.82, 2.24) is 5.32 Å². The van der Waals surface area contributed by atoms with Gasteiger partial charge in [-0.3, -0.25) is 4.79 Å². The minimum absolute atomic E-state index is 0.0703. The molecule has 5 heteroatoms. The van der Waals surface area contributed by atoms with Gasteiger partial charge in [0, 0.05) is 24.1 Å². The highest BCUT2D eigenvalue weighted by molar-refractivity contribution is 6.42. The molecule has 0 aliphatic carbocycles. The van der Waals surface area contributed by atoms with E-state index >= 15 is 0 Å². The molecule has 134 valence electrons. The zero-order valence-corrected chi connectivity index (χ0v) is 16.2. The van der Waals surface area contributed by atoms with Crippen molar-refractivity contribution in [3.8, 4) is 0 Å². The Labute approximate surface area is 163 Å². The first-order valence-electron chi connectivity index (χ1n) is 8.68. The van der Waals surface area contributed by atoms with Gasteiger partial charge in [0.05, 0.1) is 10.0 Å². The van der Waals surface area contributed by atoms with Crippen LogP contribution in [0, 0.1) is 0 Å². The molecule has 4 rings (SSSR count). The van der Waals surface area contributed by atoms with Crippen molar-refractivity contribution < 1.29 is 4.79 Å². The van der Waals surface area contributed by atoms with E-state index in [4.69, 9.17) is 23.2 Å². The second-order valence-electron chi connectivity index (χ2n) is 7.37. The second kappa shape index (κ2) is 6.04. The third-order valence-corrected chi connectivity index (χ3v) is 6.34. The number of amides is 1. The maximum Gasteiger partial charge on any atom is 0.223 e. The number of hydrogen-bond acceptors (Lipinski definition) is 2. The predicted molar refractivity (Wildman–Crippen MR) is 108 cm³/mol. The normalized spacial score (nSPS) is 23.7. The minimum atomic E-state index is -0.613. The van der Waals surface area contributed by atoms with Crippen LogP contribution in [0.15, 0.2) is 48.5 Å². The number of rotatable bonds is 2. The Morgan fingerprint density at radius 1 is 1.12 bits per heavy atom. The van der Waals surface area contributed by atoms with Crippen LogP contribution in [0.3, 0.4) is 0 Å². The van der Waals surface area contributed by atoms with E-state index < -0.39 is 5.66 Å². The van der Waals surface area contributed by atoms with Gasteiger partial charge in [-0.05, 0) is 35.4 Å². The van der Waals surface area contributed by atoms with Crippen LogP contribution in [0.4, 0.5) is 5.69 Å². The number of carbonyl (C=O) groups is 1. The molecule has 2 heterocycles.